The number of carbonyl (C=O) groups is 1. The average Bonchev–Trinajstić information content (AvgIpc) is 2.83. The molecule has 0 atom stereocenters. The van der Waals surface area contributed by atoms with Gasteiger partial charge in [-0.3, -0.25) is 10.1 Å². The Bertz CT molecular complexity index is 713. The molecule has 0 saturated carbocycles. The molecule has 21 heavy (non-hydrogen) atoms. The smallest absolute Gasteiger partial charge is 0.358 e. The quantitative estimate of drug-likeness (QED) is 0.670. The third-order valence-electron chi connectivity index (χ3n) is 2.82. The van der Waals surface area contributed by atoms with Crippen LogP contribution in [0.4, 0.5) is 5.69 Å². The van der Waals surface area contributed by atoms with Gasteiger partial charge in [0.2, 0.25) is 0 Å². The lowest BCUT2D eigenvalue weighted by atomic mass is 10.2. The maximum atomic E-state index is 11.1. The first-order valence-corrected chi connectivity index (χ1v) is 6.45. The molecule has 0 fully saturated rings. The first-order valence-electron chi connectivity index (χ1n) is 6.07. The monoisotopic (exact) mass is 310 g/mol. The molecule has 2 aromatic rings. The Kier molecular flexibility index (Phi) is 4.18. The second-order valence-corrected chi connectivity index (χ2v) is 4.65. The number of nitro benzene ring substituents is 1. The number of carboxylic acids is 1. The van der Waals surface area contributed by atoms with E-state index in [2.05, 4.69) is 10.3 Å². The molecule has 0 aliphatic carbocycles. The zero-order chi connectivity index (χ0) is 15.6. The van der Waals surface area contributed by atoms with Crippen molar-refractivity contribution in [3.8, 4) is 5.69 Å². The number of aromatic carboxylic acids is 1. The molecule has 2 rings (SSSR count). The lowest BCUT2D eigenvalue weighted by Crippen LogP contribution is -2.07. The Morgan fingerprint density at radius 3 is 2.81 bits per heavy atom. The van der Waals surface area contributed by atoms with Crippen molar-refractivity contribution in [1.29, 1.82) is 0 Å². The highest BCUT2D eigenvalue weighted by Crippen LogP contribution is 2.27. The number of hydrogen-bond donors (Lipinski definition) is 1. The third kappa shape index (κ3) is 2.84. The number of halogens is 1. The van der Waals surface area contributed by atoms with Crippen LogP contribution in [0.1, 0.15) is 29.5 Å². The van der Waals surface area contributed by atoms with Crippen LogP contribution < -0.4 is 0 Å². The summed E-state index contributed by atoms with van der Waals surface area (Å²) in [6.07, 6.45) is 1.12. The van der Waals surface area contributed by atoms with Gasteiger partial charge in [0.1, 0.15) is 5.02 Å². The molecular formula is C12H11ClN4O4. The molecule has 0 aliphatic heterocycles. The number of nitrogens with zero attached hydrogens (tertiary/aromatic N) is 4. The molecule has 8 nitrogen and oxygen atoms in total. The van der Waals surface area contributed by atoms with Gasteiger partial charge in [0.05, 0.1) is 16.3 Å². The molecule has 110 valence electrons. The standard InChI is InChI=1S/C12H11ClN4O4/c1-2-3-9-11(12(18)19)14-15-16(9)7-4-5-8(13)10(6-7)17(20)21/h4-6H,2-3H2,1H3,(H,18,19). The van der Waals surface area contributed by atoms with Gasteiger partial charge < -0.3 is 5.11 Å². The number of carboxylic acid groups (broad SMARTS) is 1. The van der Waals surface area contributed by atoms with E-state index in [-0.39, 0.29) is 16.4 Å². The molecular weight excluding hydrogens is 300 g/mol. The van der Waals surface area contributed by atoms with Gasteiger partial charge in [0.15, 0.2) is 5.69 Å². The largest absolute Gasteiger partial charge is 0.476 e. The van der Waals surface area contributed by atoms with Crippen LogP contribution in [0.2, 0.25) is 5.02 Å². The number of aromatic nitrogens is 3. The molecule has 0 unspecified atom stereocenters. The molecule has 1 aromatic carbocycles. The van der Waals surface area contributed by atoms with Crippen molar-refractivity contribution in [2.45, 2.75) is 19.8 Å². The summed E-state index contributed by atoms with van der Waals surface area (Å²) < 4.78 is 1.29. The molecule has 0 bridgehead atoms. The summed E-state index contributed by atoms with van der Waals surface area (Å²) in [7, 11) is 0. The summed E-state index contributed by atoms with van der Waals surface area (Å²) in [5.41, 5.74) is 0.301. The Morgan fingerprint density at radius 2 is 2.24 bits per heavy atom. The topological polar surface area (TPSA) is 111 Å². The molecule has 0 amide bonds. The zero-order valence-corrected chi connectivity index (χ0v) is 11.7. The van der Waals surface area contributed by atoms with Gasteiger partial charge in [-0.2, -0.15) is 0 Å². The first kappa shape index (κ1) is 14.9. The zero-order valence-electron chi connectivity index (χ0n) is 11.0. The number of benzene rings is 1. The maximum Gasteiger partial charge on any atom is 0.358 e. The van der Waals surface area contributed by atoms with E-state index in [0.29, 0.717) is 24.2 Å². The Balaban J connectivity index is 2.59. The summed E-state index contributed by atoms with van der Waals surface area (Å²) >= 11 is 5.75. The SMILES string of the molecule is CCCc1c(C(=O)O)nnn1-c1ccc(Cl)c([N+](=O)[O-])c1. The summed E-state index contributed by atoms with van der Waals surface area (Å²) in [5.74, 6) is -1.19. The third-order valence-corrected chi connectivity index (χ3v) is 3.14. The molecule has 9 heteroatoms. The van der Waals surface area contributed by atoms with Crippen molar-refractivity contribution < 1.29 is 14.8 Å². The summed E-state index contributed by atoms with van der Waals surface area (Å²) in [6.45, 7) is 1.88. The van der Waals surface area contributed by atoms with Gasteiger partial charge in [-0.1, -0.05) is 30.2 Å². The highest BCUT2D eigenvalue weighted by Gasteiger charge is 2.21. The highest BCUT2D eigenvalue weighted by molar-refractivity contribution is 6.32. The van der Waals surface area contributed by atoms with Gasteiger partial charge in [0, 0.05) is 6.07 Å². The normalized spacial score (nSPS) is 10.6. The fourth-order valence-corrected chi connectivity index (χ4v) is 2.10. The number of rotatable bonds is 5. The lowest BCUT2D eigenvalue weighted by Gasteiger charge is -2.06. The van der Waals surface area contributed by atoms with E-state index in [4.69, 9.17) is 16.7 Å². The predicted molar refractivity (Wildman–Crippen MR) is 74.0 cm³/mol. The minimum Gasteiger partial charge on any atom is -0.476 e. The van der Waals surface area contributed by atoms with Crippen molar-refractivity contribution >= 4 is 23.3 Å². The highest BCUT2D eigenvalue weighted by atomic mass is 35.5. The summed E-state index contributed by atoms with van der Waals surface area (Å²) in [5, 5.41) is 27.4. The molecule has 0 spiro atoms. The van der Waals surface area contributed by atoms with Crippen LogP contribution >= 0.6 is 11.6 Å². The second-order valence-electron chi connectivity index (χ2n) is 4.24. The predicted octanol–water partition coefficient (Wildman–Crippen LogP) is 2.48. The van der Waals surface area contributed by atoms with E-state index in [0.717, 1.165) is 0 Å². The van der Waals surface area contributed by atoms with Crippen LogP contribution in [0, 0.1) is 10.1 Å². The van der Waals surface area contributed by atoms with Crippen LogP contribution in [0.25, 0.3) is 5.69 Å². The molecule has 0 aliphatic rings. The average molecular weight is 311 g/mol. The van der Waals surface area contributed by atoms with Gasteiger partial charge in [-0.25, -0.2) is 9.48 Å². The van der Waals surface area contributed by atoms with Gasteiger partial charge in [-0.05, 0) is 18.6 Å². The Morgan fingerprint density at radius 1 is 1.52 bits per heavy atom. The van der Waals surface area contributed by atoms with E-state index in [1.807, 2.05) is 6.92 Å². The molecule has 0 radical (unpaired) electrons. The summed E-state index contributed by atoms with van der Waals surface area (Å²) in [6, 6.07) is 4.13. The van der Waals surface area contributed by atoms with E-state index >= 15 is 0 Å². The van der Waals surface area contributed by atoms with Gasteiger partial charge >= 0.3 is 5.97 Å². The second kappa shape index (κ2) is 5.88. The van der Waals surface area contributed by atoms with Crippen LogP contribution in [0.5, 0.6) is 0 Å². The number of hydrogen-bond acceptors (Lipinski definition) is 5. The number of nitro groups is 1. The fraction of sp³-hybridized carbons (Fsp3) is 0.250. The van der Waals surface area contributed by atoms with Crippen LogP contribution in [0.15, 0.2) is 18.2 Å². The first-order chi connectivity index (χ1) is 9.95. The van der Waals surface area contributed by atoms with Crippen molar-refractivity contribution in [3.05, 3.63) is 44.7 Å². The van der Waals surface area contributed by atoms with Crippen molar-refractivity contribution in [2.24, 2.45) is 0 Å². The molecule has 1 N–H and O–H groups in total. The van der Waals surface area contributed by atoms with E-state index in [1.54, 1.807) is 0 Å². The van der Waals surface area contributed by atoms with Gasteiger partial charge in [0.25, 0.3) is 5.69 Å². The summed E-state index contributed by atoms with van der Waals surface area (Å²) in [4.78, 5) is 21.4. The molecule has 1 aromatic heterocycles. The fourth-order valence-electron chi connectivity index (χ4n) is 1.91. The lowest BCUT2D eigenvalue weighted by molar-refractivity contribution is -0.384. The minimum absolute atomic E-state index is 0.000588. The van der Waals surface area contributed by atoms with Crippen molar-refractivity contribution in [1.82, 2.24) is 15.0 Å². The van der Waals surface area contributed by atoms with Crippen molar-refractivity contribution in [2.75, 3.05) is 0 Å². The van der Waals surface area contributed by atoms with Gasteiger partial charge in [-0.15, -0.1) is 5.10 Å². The van der Waals surface area contributed by atoms with Crippen molar-refractivity contribution in [3.63, 3.8) is 0 Å². The van der Waals surface area contributed by atoms with E-state index in [1.165, 1.54) is 22.9 Å². The molecule has 1 heterocycles. The van der Waals surface area contributed by atoms with E-state index in [9.17, 15) is 14.9 Å². The maximum absolute atomic E-state index is 11.1. The van der Waals surface area contributed by atoms with Crippen LogP contribution in [0.3, 0.4) is 0 Å². The minimum atomic E-state index is -1.19. The molecule has 0 saturated heterocycles. The van der Waals surface area contributed by atoms with Crippen LogP contribution in [-0.2, 0) is 6.42 Å². The Hall–Kier alpha value is -2.48. The van der Waals surface area contributed by atoms with Crippen LogP contribution in [-0.4, -0.2) is 31.0 Å². The Labute approximate surface area is 124 Å². The van der Waals surface area contributed by atoms with E-state index < -0.39 is 10.9 Å².